The Labute approximate surface area is 91.9 Å². The Morgan fingerprint density at radius 2 is 2.00 bits per heavy atom. The highest BCUT2D eigenvalue weighted by Crippen LogP contribution is 2.45. The van der Waals surface area contributed by atoms with E-state index in [9.17, 15) is 0 Å². The molecule has 0 aromatic heterocycles. The number of fused-ring (bicyclic) bond motifs is 1. The molecule has 82 valence electrons. The van der Waals surface area contributed by atoms with Gasteiger partial charge in [0.2, 0.25) is 0 Å². The third-order valence-corrected chi connectivity index (χ3v) is 3.90. The number of hydrogen-bond donors (Lipinski definition) is 0. The Balaban J connectivity index is 2.56. The normalized spacial score (nSPS) is 22.7. The molecular weight excluding hydrogens is 186 g/mol. The first-order valence-electron chi connectivity index (χ1n) is 5.40. The van der Waals surface area contributed by atoms with Crippen LogP contribution in [0.1, 0.15) is 26.3 Å². The molecule has 0 aliphatic carbocycles. The highest BCUT2D eigenvalue weighted by atomic mass is 16.5. The van der Waals surface area contributed by atoms with E-state index in [4.69, 9.17) is 4.74 Å². The number of rotatable bonds is 1. The lowest BCUT2D eigenvalue weighted by molar-refractivity contribution is 0.414. The Hall–Kier alpha value is -1.18. The Morgan fingerprint density at radius 3 is 2.60 bits per heavy atom. The minimum Gasteiger partial charge on any atom is -0.497 e. The second-order valence-corrected chi connectivity index (χ2v) is 4.89. The van der Waals surface area contributed by atoms with Crippen LogP contribution in [0.4, 0.5) is 5.69 Å². The van der Waals surface area contributed by atoms with Crippen LogP contribution < -0.4 is 9.64 Å². The summed E-state index contributed by atoms with van der Waals surface area (Å²) in [7, 11) is 3.86. The number of anilines is 1. The molecule has 0 spiro atoms. The van der Waals surface area contributed by atoms with Gasteiger partial charge in [-0.3, -0.25) is 0 Å². The van der Waals surface area contributed by atoms with Crippen molar-refractivity contribution in [1.82, 2.24) is 0 Å². The summed E-state index contributed by atoms with van der Waals surface area (Å²) in [4.78, 5) is 2.33. The van der Waals surface area contributed by atoms with Gasteiger partial charge >= 0.3 is 0 Å². The van der Waals surface area contributed by atoms with Crippen molar-refractivity contribution < 1.29 is 4.74 Å². The van der Waals surface area contributed by atoms with E-state index in [0.717, 1.165) is 5.75 Å². The zero-order chi connectivity index (χ0) is 11.2. The summed E-state index contributed by atoms with van der Waals surface area (Å²) in [5.41, 5.74) is 2.93. The second-order valence-electron chi connectivity index (χ2n) is 4.89. The highest BCUT2D eigenvalue weighted by Gasteiger charge is 2.40. The van der Waals surface area contributed by atoms with E-state index in [-0.39, 0.29) is 5.41 Å². The molecule has 1 aromatic rings. The van der Waals surface area contributed by atoms with Crippen molar-refractivity contribution in [1.29, 1.82) is 0 Å². The molecule has 1 aliphatic heterocycles. The lowest BCUT2D eigenvalue weighted by atomic mass is 9.81. The number of hydrogen-bond acceptors (Lipinski definition) is 2. The quantitative estimate of drug-likeness (QED) is 0.699. The third kappa shape index (κ3) is 1.31. The van der Waals surface area contributed by atoms with Gasteiger partial charge in [-0.1, -0.05) is 19.9 Å². The summed E-state index contributed by atoms with van der Waals surface area (Å²) in [6.45, 7) is 6.87. The van der Waals surface area contributed by atoms with Gasteiger partial charge in [-0.15, -0.1) is 0 Å². The molecule has 0 saturated carbocycles. The van der Waals surface area contributed by atoms with Gasteiger partial charge in [-0.2, -0.15) is 0 Å². The summed E-state index contributed by atoms with van der Waals surface area (Å²) in [5.74, 6) is 0.936. The first-order chi connectivity index (χ1) is 6.98. The van der Waals surface area contributed by atoms with E-state index in [0.29, 0.717) is 6.04 Å². The summed E-state index contributed by atoms with van der Waals surface area (Å²) in [6, 6.07) is 6.89. The van der Waals surface area contributed by atoms with Crippen molar-refractivity contribution in [2.24, 2.45) is 0 Å². The van der Waals surface area contributed by atoms with Crippen molar-refractivity contribution in [3.8, 4) is 5.75 Å². The Bertz CT molecular complexity index is 384. The SMILES string of the molecule is COc1ccc2c(c1)N(C)C(C)C2(C)C. The third-order valence-electron chi connectivity index (χ3n) is 3.90. The molecule has 1 unspecified atom stereocenters. The second kappa shape index (κ2) is 3.16. The van der Waals surface area contributed by atoms with Crippen LogP contribution in [-0.2, 0) is 5.41 Å². The van der Waals surface area contributed by atoms with Crippen molar-refractivity contribution in [3.05, 3.63) is 23.8 Å². The van der Waals surface area contributed by atoms with E-state index < -0.39 is 0 Å². The average Bonchev–Trinajstić information content (AvgIpc) is 2.40. The fraction of sp³-hybridized carbons (Fsp3) is 0.538. The van der Waals surface area contributed by atoms with Gasteiger partial charge < -0.3 is 9.64 Å². The van der Waals surface area contributed by atoms with Crippen LogP contribution in [0.25, 0.3) is 0 Å². The molecular formula is C13H19NO. The number of ether oxygens (including phenoxy) is 1. The molecule has 1 aliphatic rings. The van der Waals surface area contributed by atoms with Crippen molar-refractivity contribution >= 4 is 5.69 Å². The summed E-state index contributed by atoms with van der Waals surface area (Å²) >= 11 is 0. The molecule has 1 atom stereocenters. The Kier molecular flexibility index (Phi) is 2.18. The van der Waals surface area contributed by atoms with Crippen LogP contribution in [0.3, 0.4) is 0 Å². The molecule has 15 heavy (non-hydrogen) atoms. The molecule has 1 aromatic carbocycles. The van der Waals surface area contributed by atoms with Crippen molar-refractivity contribution in [2.45, 2.75) is 32.2 Å². The molecule has 0 amide bonds. The monoisotopic (exact) mass is 205 g/mol. The number of likely N-dealkylation sites (N-methyl/N-ethyl adjacent to an activating group) is 1. The lowest BCUT2D eigenvalue weighted by Crippen LogP contribution is -2.36. The molecule has 0 N–H and O–H groups in total. The highest BCUT2D eigenvalue weighted by molar-refractivity contribution is 5.65. The first kappa shape index (κ1) is 10.3. The smallest absolute Gasteiger partial charge is 0.120 e. The average molecular weight is 205 g/mol. The molecule has 0 saturated heterocycles. The van der Waals surface area contributed by atoms with Gasteiger partial charge in [-0.05, 0) is 18.6 Å². The standard InChI is InChI=1S/C13H19NO/c1-9-13(2,3)11-7-6-10(15-5)8-12(11)14(9)4/h6-9H,1-5H3. The minimum atomic E-state index is 0.219. The zero-order valence-electron chi connectivity index (χ0n) is 10.2. The van der Waals surface area contributed by atoms with E-state index in [1.54, 1.807) is 7.11 Å². The largest absolute Gasteiger partial charge is 0.497 e. The molecule has 0 bridgehead atoms. The van der Waals surface area contributed by atoms with Crippen LogP contribution in [0.2, 0.25) is 0 Å². The molecule has 0 fully saturated rings. The van der Waals surface area contributed by atoms with E-state index in [1.165, 1.54) is 11.3 Å². The summed E-state index contributed by atoms with van der Waals surface area (Å²) in [5, 5.41) is 0. The molecule has 2 rings (SSSR count). The van der Waals surface area contributed by atoms with Gasteiger partial charge in [0.05, 0.1) is 7.11 Å². The van der Waals surface area contributed by atoms with Crippen LogP contribution in [0.5, 0.6) is 5.75 Å². The maximum Gasteiger partial charge on any atom is 0.120 e. The maximum absolute atomic E-state index is 5.26. The predicted molar refractivity (Wildman–Crippen MR) is 63.9 cm³/mol. The van der Waals surface area contributed by atoms with Gasteiger partial charge in [0, 0.05) is 30.3 Å². The van der Waals surface area contributed by atoms with Crippen molar-refractivity contribution in [2.75, 3.05) is 19.1 Å². The minimum absolute atomic E-state index is 0.219. The fourth-order valence-corrected chi connectivity index (χ4v) is 2.39. The van der Waals surface area contributed by atoms with E-state index in [2.05, 4.69) is 44.9 Å². The maximum atomic E-state index is 5.26. The van der Waals surface area contributed by atoms with Gasteiger partial charge in [0.25, 0.3) is 0 Å². The van der Waals surface area contributed by atoms with Crippen LogP contribution >= 0.6 is 0 Å². The predicted octanol–water partition coefficient (Wildman–Crippen LogP) is 2.81. The first-order valence-corrected chi connectivity index (χ1v) is 5.40. The van der Waals surface area contributed by atoms with Gasteiger partial charge in [0.1, 0.15) is 5.75 Å². The van der Waals surface area contributed by atoms with Gasteiger partial charge in [-0.25, -0.2) is 0 Å². The van der Waals surface area contributed by atoms with Crippen LogP contribution in [-0.4, -0.2) is 20.2 Å². The molecule has 2 heteroatoms. The van der Waals surface area contributed by atoms with Crippen molar-refractivity contribution in [3.63, 3.8) is 0 Å². The van der Waals surface area contributed by atoms with Crippen LogP contribution in [0.15, 0.2) is 18.2 Å². The Morgan fingerprint density at radius 1 is 1.33 bits per heavy atom. The van der Waals surface area contributed by atoms with E-state index in [1.807, 2.05) is 6.07 Å². The lowest BCUT2D eigenvalue weighted by Gasteiger charge is -2.28. The summed E-state index contributed by atoms with van der Waals surface area (Å²) in [6.07, 6.45) is 0. The summed E-state index contributed by atoms with van der Waals surface area (Å²) < 4.78 is 5.26. The molecule has 2 nitrogen and oxygen atoms in total. The zero-order valence-corrected chi connectivity index (χ0v) is 10.2. The number of benzene rings is 1. The van der Waals surface area contributed by atoms with E-state index >= 15 is 0 Å². The van der Waals surface area contributed by atoms with Crippen LogP contribution in [0, 0.1) is 0 Å². The fourth-order valence-electron chi connectivity index (χ4n) is 2.39. The molecule has 0 radical (unpaired) electrons. The number of methoxy groups -OCH3 is 1. The molecule has 1 heterocycles. The number of nitrogens with zero attached hydrogens (tertiary/aromatic N) is 1. The van der Waals surface area contributed by atoms with Gasteiger partial charge in [0.15, 0.2) is 0 Å². The topological polar surface area (TPSA) is 12.5 Å².